The molecule has 0 radical (unpaired) electrons. The van der Waals surface area contributed by atoms with Crippen molar-refractivity contribution in [2.45, 2.75) is 24.3 Å². The van der Waals surface area contributed by atoms with Crippen molar-refractivity contribution < 1.29 is 17.9 Å². The molecule has 2 N–H and O–H groups in total. The van der Waals surface area contributed by atoms with E-state index in [1.165, 1.54) is 0 Å². The average Bonchev–Trinajstić information content (AvgIpc) is 2.74. The van der Waals surface area contributed by atoms with E-state index in [1.807, 2.05) is 31.2 Å². The summed E-state index contributed by atoms with van der Waals surface area (Å²) in [7, 11) is 0.0246. The summed E-state index contributed by atoms with van der Waals surface area (Å²) >= 11 is 0. The van der Waals surface area contributed by atoms with E-state index >= 15 is 0 Å². The lowest BCUT2D eigenvalue weighted by Gasteiger charge is -2.18. The van der Waals surface area contributed by atoms with Gasteiger partial charge >= 0.3 is 0 Å². The Kier molecular flexibility index (Phi) is 8.79. The van der Waals surface area contributed by atoms with Crippen LogP contribution in [-0.2, 0) is 9.84 Å². The van der Waals surface area contributed by atoms with Crippen LogP contribution in [0.2, 0.25) is 0 Å². The molecule has 0 heterocycles. The summed E-state index contributed by atoms with van der Waals surface area (Å²) < 4.78 is 35.6. The molecule has 1 unspecified atom stereocenters. The van der Waals surface area contributed by atoms with Crippen LogP contribution in [0, 0.1) is 0 Å². The molecule has 0 bridgehead atoms. The number of ether oxygens (including phenoxy) is 2. The van der Waals surface area contributed by atoms with Crippen molar-refractivity contribution in [2.24, 2.45) is 4.99 Å². The van der Waals surface area contributed by atoms with E-state index in [0.29, 0.717) is 30.4 Å². The van der Waals surface area contributed by atoms with Gasteiger partial charge in [0.05, 0.1) is 24.3 Å². The number of benzene rings is 2. The lowest BCUT2D eigenvalue weighted by atomic mass is 10.3. The van der Waals surface area contributed by atoms with Crippen molar-refractivity contribution in [2.75, 3.05) is 33.0 Å². The van der Waals surface area contributed by atoms with Gasteiger partial charge in [-0.2, -0.15) is 0 Å². The van der Waals surface area contributed by atoms with Crippen LogP contribution in [0.15, 0.2) is 64.5 Å². The molecule has 0 aliphatic carbocycles. The third-order valence-electron chi connectivity index (χ3n) is 4.14. The van der Waals surface area contributed by atoms with Crippen LogP contribution >= 0.6 is 0 Å². The Bertz CT molecular complexity index is 886. The van der Waals surface area contributed by atoms with Crippen LogP contribution in [0.4, 0.5) is 0 Å². The van der Waals surface area contributed by atoms with Gasteiger partial charge in [0.25, 0.3) is 0 Å². The van der Waals surface area contributed by atoms with E-state index in [9.17, 15) is 8.42 Å². The zero-order valence-electron chi connectivity index (χ0n) is 17.1. The molecule has 2 rings (SSSR count). The molecular formula is C21H29N3O4S. The second-order valence-electron chi connectivity index (χ2n) is 6.47. The Hall–Kier alpha value is -2.74. The molecule has 0 aromatic heterocycles. The number of aliphatic imine (C=N–C) groups is 1. The molecule has 2 aromatic rings. The highest BCUT2D eigenvalue weighted by atomic mass is 32.2. The fourth-order valence-electron chi connectivity index (χ4n) is 2.62. The number of guanidine groups is 1. The average molecular weight is 420 g/mol. The summed E-state index contributed by atoms with van der Waals surface area (Å²) in [5.41, 5.74) is 0. The van der Waals surface area contributed by atoms with Gasteiger partial charge in [-0.15, -0.1) is 0 Å². The molecule has 0 saturated carbocycles. The maximum absolute atomic E-state index is 12.3. The monoisotopic (exact) mass is 419 g/mol. The topological polar surface area (TPSA) is 89.0 Å². The van der Waals surface area contributed by atoms with Crippen molar-refractivity contribution in [1.82, 2.24) is 10.6 Å². The molecular weight excluding hydrogens is 390 g/mol. The van der Waals surface area contributed by atoms with Gasteiger partial charge in [-0.25, -0.2) is 8.42 Å². The van der Waals surface area contributed by atoms with Crippen molar-refractivity contribution in [3.8, 4) is 11.5 Å². The van der Waals surface area contributed by atoms with Gasteiger partial charge < -0.3 is 20.1 Å². The van der Waals surface area contributed by atoms with E-state index in [2.05, 4.69) is 15.6 Å². The standard InChI is InChI=1S/C21H29N3O4S/c1-17(28-19-10-7-9-18(15-19)27-3)16-24-21(22-2)23-13-8-14-29(25,26)20-11-5-4-6-12-20/h4-7,9-12,15,17H,8,13-14,16H2,1-3H3,(H2,22,23,24). The summed E-state index contributed by atoms with van der Waals surface area (Å²) in [4.78, 5) is 4.51. The first kappa shape index (κ1) is 22.5. The lowest BCUT2D eigenvalue weighted by molar-refractivity contribution is 0.223. The van der Waals surface area contributed by atoms with E-state index in [0.717, 1.165) is 11.5 Å². The summed E-state index contributed by atoms with van der Waals surface area (Å²) in [6.07, 6.45) is 0.382. The van der Waals surface area contributed by atoms with Crippen LogP contribution in [0.5, 0.6) is 11.5 Å². The Morgan fingerprint density at radius 2 is 1.79 bits per heavy atom. The number of hydrogen-bond donors (Lipinski definition) is 2. The fourth-order valence-corrected chi connectivity index (χ4v) is 3.96. The van der Waals surface area contributed by atoms with Gasteiger partial charge in [0.15, 0.2) is 15.8 Å². The highest BCUT2D eigenvalue weighted by molar-refractivity contribution is 7.91. The lowest BCUT2D eigenvalue weighted by Crippen LogP contribution is -2.42. The first-order valence-electron chi connectivity index (χ1n) is 9.47. The summed E-state index contributed by atoms with van der Waals surface area (Å²) in [6, 6.07) is 15.9. The van der Waals surface area contributed by atoms with Crippen molar-refractivity contribution in [3.05, 3.63) is 54.6 Å². The molecule has 0 aliphatic heterocycles. The minimum atomic E-state index is -3.26. The van der Waals surface area contributed by atoms with E-state index in [1.54, 1.807) is 44.5 Å². The molecule has 8 heteroatoms. The predicted molar refractivity (Wildman–Crippen MR) is 116 cm³/mol. The molecule has 7 nitrogen and oxygen atoms in total. The van der Waals surface area contributed by atoms with Crippen LogP contribution in [0.3, 0.4) is 0 Å². The van der Waals surface area contributed by atoms with E-state index in [-0.39, 0.29) is 11.9 Å². The first-order chi connectivity index (χ1) is 13.9. The minimum absolute atomic E-state index is 0.0797. The largest absolute Gasteiger partial charge is 0.497 e. The number of sulfone groups is 1. The Morgan fingerprint density at radius 3 is 2.48 bits per heavy atom. The Morgan fingerprint density at radius 1 is 1.07 bits per heavy atom. The SMILES string of the molecule is CN=C(NCCCS(=O)(=O)c1ccccc1)NCC(C)Oc1cccc(OC)c1. The van der Waals surface area contributed by atoms with E-state index < -0.39 is 9.84 Å². The van der Waals surface area contributed by atoms with E-state index in [4.69, 9.17) is 9.47 Å². The zero-order chi connectivity index (χ0) is 21.1. The molecule has 2 aromatic carbocycles. The van der Waals surface area contributed by atoms with Gasteiger partial charge in [0.2, 0.25) is 0 Å². The Labute approximate surface area is 173 Å². The van der Waals surface area contributed by atoms with Crippen LogP contribution in [0.1, 0.15) is 13.3 Å². The fraction of sp³-hybridized carbons (Fsp3) is 0.381. The van der Waals surface area contributed by atoms with Gasteiger partial charge in [-0.05, 0) is 37.6 Å². The smallest absolute Gasteiger partial charge is 0.191 e. The van der Waals surface area contributed by atoms with Crippen LogP contribution in [-0.4, -0.2) is 53.5 Å². The third kappa shape index (κ3) is 7.65. The van der Waals surface area contributed by atoms with Crippen molar-refractivity contribution in [1.29, 1.82) is 0 Å². The van der Waals surface area contributed by atoms with Crippen LogP contribution in [0.25, 0.3) is 0 Å². The normalized spacial score (nSPS) is 12.9. The zero-order valence-corrected chi connectivity index (χ0v) is 17.9. The Balaban J connectivity index is 1.72. The second-order valence-corrected chi connectivity index (χ2v) is 8.58. The summed E-state index contributed by atoms with van der Waals surface area (Å²) in [5.74, 6) is 2.15. The van der Waals surface area contributed by atoms with Gasteiger partial charge in [-0.3, -0.25) is 4.99 Å². The van der Waals surface area contributed by atoms with Gasteiger partial charge in [0.1, 0.15) is 17.6 Å². The molecule has 0 aliphatic rings. The number of nitrogens with one attached hydrogen (secondary N) is 2. The van der Waals surface area contributed by atoms with Gasteiger partial charge in [-0.1, -0.05) is 24.3 Å². The number of nitrogens with zero attached hydrogens (tertiary/aromatic N) is 1. The van der Waals surface area contributed by atoms with Crippen LogP contribution < -0.4 is 20.1 Å². The summed E-state index contributed by atoms with van der Waals surface area (Å²) in [5, 5.41) is 6.31. The highest BCUT2D eigenvalue weighted by Gasteiger charge is 2.13. The minimum Gasteiger partial charge on any atom is -0.497 e. The summed E-state index contributed by atoms with van der Waals surface area (Å²) in [6.45, 7) is 2.99. The molecule has 0 saturated heterocycles. The number of methoxy groups -OCH3 is 1. The molecule has 0 fully saturated rings. The molecule has 29 heavy (non-hydrogen) atoms. The maximum Gasteiger partial charge on any atom is 0.191 e. The molecule has 0 spiro atoms. The quantitative estimate of drug-likeness (QED) is 0.349. The highest BCUT2D eigenvalue weighted by Crippen LogP contribution is 2.19. The molecule has 158 valence electrons. The maximum atomic E-state index is 12.3. The number of hydrogen-bond acceptors (Lipinski definition) is 5. The third-order valence-corrected chi connectivity index (χ3v) is 5.96. The number of rotatable bonds is 10. The first-order valence-corrected chi connectivity index (χ1v) is 11.1. The predicted octanol–water partition coefficient (Wildman–Crippen LogP) is 2.49. The molecule has 0 amide bonds. The second kappa shape index (κ2) is 11.3. The molecule has 1 atom stereocenters. The van der Waals surface area contributed by atoms with Crippen molar-refractivity contribution in [3.63, 3.8) is 0 Å². The van der Waals surface area contributed by atoms with Gasteiger partial charge in [0, 0.05) is 19.7 Å². The van der Waals surface area contributed by atoms with Crippen molar-refractivity contribution >= 4 is 15.8 Å².